The molecule has 0 radical (unpaired) electrons. The molecule has 0 spiro atoms. The normalized spacial score (nSPS) is 12.7. The van der Waals surface area contributed by atoms with Crippen LogP contribution in [0.15, 0.2) is 24.3 Å². The van der Waals surface area contributed by atoms with Gasteiger partial charge in [-0.1, -0.05) is 36.8 Å². The molecular formula is C13H21NO. The van der Waals surface area contributed by atoms with Crippen molar-refractivity contribution in [3.63, 3.8) is 0 Å². The monoisotopic (exact) mass is 207 g/mol. The second kappa shape index (κ2) is 6.59. The van der Waals surface area contributed by atoms with E-state index in [-0.39, 0.29) is 0 Å². The topological polar surface area (TPSA) is 21.3 Å². The number of ether oxygens (including phenoxy) is 1. The fourth-order valence-corrected chi connectivity index (χ4v) is 1.76. The highest BCUT2D eigenvalue weighted by molar-refractivity contribution is 5.25. The highest BCUT2D eigenvalue weighted by atomic mass is 16.5. The Bertz CT molecular complexity index is 286. The van der Waals surface area contributed by atoms with E-state index in [4.69, 9.17) is 4.74 Å². The van der Waals surface area contributed by atoms with Gasteiger partial charge in [0.2, 0.25) is 0 Å². The molecule has 84 valence electrons. The number of rotatable bonds is 6. The summed E-state index contributed by atoms with van der Waals surface area (Å²) in [5, 5.41) is 3.48. The fourth-order valence-electron chi connectivity index (χ4n) is 1.76. The standard InChI is InChI=1S/C13H21NO/c1-4-14-13(8-9-15-3)12-7-5-6-11(2)10-12/h5-7,10,13-14H,4,8-9H2,1-3H3. The molecular weight excluding hydrogens is 186 g/mol. The first-order valence-electron chi connectivity index (χ1n) is 5.56. The third-order valence-corrected chi connectivity index (χ3v) is 2.51. The van der Waals surface area contributed by atoms with Crippen molar-refractivity contribution < 1.29 is 4.74 Å². The Balaban J connectivity index is 2.69. The summed E-state index contributed by atoms with van der Waals surface area (Å²) in [6.07, 6.45) is 1.02. The highest BCUT2D eigenvalue weighted by Gasteiger charge is 2.09. The summed E-state index contributed by atoms with van der Waals surface area (Å²) in [4.78, 5) is 0. The SMILES string of the molecule is CCNC(CCOC)c1cccc(C)c1. The van der Waals surface area contributed by atoms with Crippen molar-refractivity contribution in [2.75, 3.05) is 20.3 Å². The highest BCUT2D eigenvalue weighted by Crippen LogP contribution is 2.17. The Morgan fingerprint density at radius 2 is 2.20 bits per heavy atom. The van der Waals surface area contributed by atoms with Crippen LogP contribution in [0.1, 0.15) is 30.5 Å². The summed E-state index contributed by atoms with van der Waals surface area (Å²) < 4.78 is 5.13. The Hall–Kier alpha value is -0.860. The van der Waals surface area contributed by atoms with Crippen molar-refractivity contribution in [1.82, 2.24) is 5.32 Å². The summed E-state index contributed by atoms with van der Waals surface area (Å²) in [6, 6.07) is 9.07. The van der Waals surface area contributed by atoms with Crippen molar-refractivity contribution in [2.24, 2.45) is 0 Å². The van der Waals surface area contributed by atoms with E-state index in [9.17, 15) is 0 Å². The smallest absolute Gasteiger partial charge is 0.0480 e. The van der Waals surface area contributed by atoms with Gasteiger partial charge >= 0.3 is 0 Å². The van der Waals surface area contributed by atoms with Gasteiger partial charge in [0, 0.05) is 19.8 Å². The van der Waals surface area contributed by atoms with Crippen molar-refractivity contribution in [1.29, 1.82) is 0 Å². The molecule has 0 saturated carbocycles. The molecule has 0 aliphatic rings. The number of nitrogens with one attached hydrogen (secondary N) is 1. The van der Waals surface area contributed by atoms with E-state index in [1.165, 1.54) is 11.1 Å². The minimum atomic E-state index is 0.412. The third kappa shape index (κ3) is 4.02. The first kappa shape index (κ1) is 12.2. The minimum absolute atomic E-state index is 0.412. The van der Waals surface area contributed by atoms with Crippen LogP contribution in [0.25, 0.3) is 0 Å². The Labute approximate surface area is 92.6 Å². The van der Waals surface area contributed by atoms with E-state index < -0.39 is 0 Å². The molecule has 0 aliphatic heterocycles. The molecule has 1 rings (SSSR count). The molecule has 0 heterocycles. The molecule has 0 bridgehead atoms. The van der Waals surface area contributed by atoms with Crippen molar-refractivity contribution in [3.8, 4) is 0 Å². The number of methoxy groups -OCH3 is 1. The van der Waals surface area contributed by atoms with Gasteiger partial charge in [-0.25, -0.2) is 0 Å². The molecule has 1 aromatic rings. The number of aryl methyl sites for hydroxylation is 1. The van der Waals surface area contributed by atoms with Gasteiger partial charge in [0.25, 0.3) is 0 Å². The first-order chi connectivity index (χ1) is 7.27. The second-order valence-corrected chi connectivity index (χ2v) is 3.81. The molecule has 1 atom stereocenters. The summed E-state index contributed by atoms with van der Waals surface area (Å²) in [5.41, 5.74) is 2.67. The van der Waals surface area contributed by atoms with Gasteiger partial charge in [0.1, 0.15) is 0 Å². The van der Waals surface area contributed by atoms with E-state index in [1.807, 2.05) is 0 Å². The lowest BCUT2D eigenvalue weighted by atomic mass is 10.0. The molecule has 0 aliphatic carbocycles. The number of hydrogen-bond donors (Lipinski definition) is 1. The maximum absolute atomic E-state index is 5.13. The zero-order chi connectivity index (χ0) is 11.1. The third-order valence-electron chi connectivity index (χ3n) is 2.51. The minimum Gasteiger partial charge on any atom is -0.385 e. The van der Waals surface area contributed by atoms with Gasteiger partial charge in [-0.2, -0.15) is 0 Å². The zero-order valence-corrected chi connectivity index (χ0v) is 9.92. The molecule has 0 amide bonds. The number of benzene rings is 1. The van der Waals surface area contributed by atoms with Crippen LogP contribution in [0.3, 0.4) is 0 Å². The van der Waals surface area contributed by atoms with Gasteiger partial charge in [0.05, 0.1) is 0 Å². The van der Waals surface area contributed by atoms with Gasteiger partial charge in [-0.15, -0.1) is 0 Å². The van der Waals surface area contributed by atoms with E-state index in [1.54, 1.807) is 7.11 Å². The van der Waals surface area contributed by atoms with Crippen LogP contribution < -0.4 is 5.32 Å². The van der Waals surface area contributed by atoms with Crippen LogP contribution in [0.4, 0.5) is 0 Å². The van der Waals surface area contributed by atoms with Crippen LogP contribution in [0.2, 0.25) is 0 Å². The fraction of sp³-hybridized carbons (Fsp3) is 0.538. The van der Waals surface area contributed by atoms with E-state index in [2.05, 4.69) is 43.4 Å². The summed E-state index contributed by atoms with van der Waals surface area (Å²) in [7, 11) is 1.75. The summed E-state index contributed by atoms with van der Waals surface area (Å²) in [6.45, 7) is 6.05. The van der Waals surface area contributed by atoms with Gasteiger partial charge in [-0.05, 0) is 25.5 Å². The molecule has 0 saturated heterocycles. The largest absolute Gasteiger partial charge is 0.385 e. The molecule has 0 fully saturated rings. The summed E-state index contributed by atoms with van der Waals surface area (Å²) >= 11 is 0. The number of hydrogen-bond acceptors (Lipinski definition) is 2. The van der Waals surface area contributed by atoms with E-state index in [0.717, 1.165) is 19.6 Å². The average Bonchev–Trinajstić information content (AvgIpc) is 2.24. The van der Waals surface area contributed by atoms with Crippen LogP contribution in [0.5, 0.6) is 0 Å². The first-order valence-corrected chi connectivity index (χ1v) is 5.56. The van der Waals surface area contributed by atoms with Gasteiger partial charge < -0.3 is 10.1 Å². The van der Waals surface area contributed by atoms with E-state index in [0.29, 0.717) is 6.04 Å². The summed E-state index contributed by atoms with van der Waals surface area (Å²) in [5.74, 6) is 0. The molecule has 15 heavy (non-hydrogen) atoms. The molecule has 0 aromatic heterocycles. The van der Waals surface area contributed by atoms with Crippen LogP contribution in [-0.2, 0) is 4.74 Å². The van der Waals surface area contributed by atoms with Gasteiger partial charge in [0.15, 0.2) is 0 Å². The zero-order valence-electron chi connectivity index (χ0n) is 9.92. The molecule has 2 nitrogen and oxygen atoms in total. The van der Waals surface area contributed by atoms with Gasteiger partial charge in [-0.3, -0.25) is 0 Å². The Morgan fingerprint density at radius 1 is 1.40 bits per heavy atom. The molecule has 1 aromatic carbocycles. The van der Waals surface area contributed by atoms with E-state index >= 15 is 0 Å². The molecule has 2 heteroatoms. The molecule has 1 unspecified atom stereocenters. The average molecular weight is 207 g/mol. The second-order valence-electron chi connectivity index (χ2n) is 3.81. The predicted molar refractivity (Wildman–Crippen MR) is 64.1 cm³/mol. The maximum atomic E-state index is 5.13. The quantitative estimate of drug-likeness (QED) is 0.774. The maximum Gasteiger partial charge on any atom is 0.0480 e. The predicted octanol–water partition coefficient (Wildman–Crippen LogP) is 2.68. The van der Waals surface area contributed by atoms with Crippen molar-refractivity contribution >= 4 is 0 Å². The Morgan fingerprint density at radius 3 is 2.80 bits per heavy atom. The van der Waals surface area contributed by atoms with Crippen LogP contribution >= 0.6 is 0 Å². The lowest BCUT2D eigenvalue weighted by Gasteiger charge is -2.18. The van der Waals surface area contributed by atoms with Crippen LogP contribution in [-0.4, -0.2) is 20.3 Å². The van der Waals surface area contributed by atoms with Crippen molar-refractivity contribution in [3.05, 3.63) is 35.4 Å². The van der Waals surface area contributed by atoms with Crippen molar-refractivity contribution in [2.45, 2.75) is 26.3 Å². The molecule has 1 N–H and O–H groups in total. The Kier molecular flexibility index (Phi) is 5.37. The lowest BCUT2D eigenvalue weighted by Crippen LogP contribution is -2.22. The van der Waals surface area contributed by atoms with Crippen LogP contribution in [0, 0.1) is 6.92 Å². The lowest BCUT2D eigenvalue weighted by molar-refractivity contribution is 0.183.